The SMILES string of the molecule is CC[C@H](C)NC(=O)[C@H](CC)N(Cc1cccc(C)c1)C(=O)CN(c1ccc(F)cc1)S(=O)(=O)c1ccc(C)cc1. The molecular weight excluding hydrogens is 529 g/mol. The van der Waals surface area contributed by atoms with Gasteiger partial charge in [0, 0.05) is 12.6 Å². The Hall–Kier alpha value is -3.72. The average Bonchev–Trinajstić information content (AvgIpc) is 2.92. The summed E-state index contributed by atoms with van der Waals surface area (Å²) in [4.78, 5) is 28.8. The van der Waals surface area contributed by atoms with Crippen molar-refractivity contribution < 1.29 is 22.4 Å². The quantitative estimate of drug-likeness (QED) is 0.319. The third kappa shape index (κ3) is 7.69. The molecular formula is C31H38FN3O4S. The largest absolute Gasteiger partial charge is 0.352 e. The number of nitrogens with one attached hydrogen (secondary N) is 1. The normalized spacial score (nSPS) is 12.8. The van der Waals surface area contributed by atoms with Gasteiger partial charge in [-0.25, -0.2) is 12.8 Å². The first-order valence-electron chi connectivity index (χ1n) is 13.5. The van der Waals surface area contributed by atoms with Gasteiger partial charge in [0.1, 0.15) is 18.4 Å². The summed E-state index contributed by atoms with van der Waals surface area (Å²) in [5.74, 6) is -1.38. The van der Waals surface area contributed by atoms with Gasteiger partial charge in [-0.2, -0.15) is 0 Å². The van der Waals surface area contributed by atoms with E-state index >= 15 is 0 Å². The fraction of sp³-hybridized carbons (Fsp3) is 0.355. The van der Waals surface area contributed by atoms with Crippen molar-refractivity contribution in [2.75, 3.05) is 10.8 Å². The molecule has 7 nitrogen and oxygen atoms in total. The van der Waals surface area contributed by atoms with Crippen LogP contribution in [-0.4, -0.2) is 43.8 Å². The summed E-state index contributed by atoms with van der Waals surface area (Å²) in [5.41, 5.74) is 2.84. The molecule has 0 unspecified atom stereocenters. The number of sulfonamides is 1. The number of aryl methyl sites for hydroxylation is 2. The summed E-state index contributed by atoms with van der Waals surface area (Å²) < 4.78 is 42.4. The average molecular weight is 568 g/mol. The molecule has 3 rings (SSSR count). The number of hydrogen-bond acceptors (Lipinski definition) is 4. The number of rotatable bonds is 12. The molecule has 0 aliphatic rings. The molecule has 2 amide bonds. The molecule has 0 aliphatic carbocycles. The molecule has 3 aromatic carbocycles. The Morgan fingerprint density at radius 1 is 0.900 bits per heavy atom. The highest BCUT2D eigenvalue weighted by molar-refractivity contribution is 7.92. The Balaban J connectivity index is 2.05. The maximum absolute atomic E-state index is 14.0. The molecule has 0 spiro atoms. The summed E-state index contributed by atoms with van der Waals surface area (Å²) in [7, 11) is -4.20. The van der Waals surface area contributed by atoms with Crippen LogP contribution < -0.4 is 9.62 Å². The summed E-state index contributed by atoms with van der Waals surface area (Å²) in [5, 5.41) is 2.96. The second-order valence-electron chi connectivity index (χ2n) is 10.1. The fourth-order valence-corrected chi connectivity index (χ4v) is 5.76. The molecule has 2 atom stereocenters. The lowest BCUT2D eigenvalue weighted by molar-refractivity contribution is -0.140. The van der Waals surface area contributed by atoms with E-state index in [0.29, 0.717) is 6.42 Å². The van der Waals surface area contributed by atoms with E-state index in [1.165, 1.54) is 29.2 Å². The van der Waals surface area contributed by atoms with E-state index in [9.17, 15) is 22.4 Å². The molecule has 0 radical (unpaired) electrons. The molecule has 0 saturated carbocycles. The molecule has 0 aromatic heterocycles. The number of hydrogen-bond donors (Lipinski definition) is 1. The van der Waals surface area contributed by atoms with E-state index in [2.05, 4.69) is 5.32 Å². The molecule has 40 heavy (non-hydrogen) atoms. The lowest BCUT2D eigenvalue weighted by Crippen LogP contribution is -2.53. The van der Waals surface area contributed by atoms with Crippen LogP contribution >= 0.6 is 0 Å². The van der Waals surface area contributed by atoms with Crippen molar-refractivity contribution in [2.24, 2.45) is 0 Å². The zero-order chi connectivity index (χ0) is 29.4. The van der Waals surface area contributed by atoms with E-state index < -0.39 is 34.3 Å². The lowest BCUT2D eigenvalue weighted by atomic mass is 10.1. The highest BCUT2D eigenvalue weighted by Gasteiger charge is 2.34. The predicted octanol–water partition coefficient (Wildman–Crippen LogP) is 5.36. The summed E-state index contributed by atoms with van der Waals surface area (Å²) >= 11 is 0. The highest BCUT2D eigenvalue weighted by Crippen LogP contribution is 2.25. The van der Waals surface area contributed by atoms with Gasteiger partial charge in [-0.05, 0) is 75.6 Å². The Kier molecular flexibility index (Phi) is 10.5. The zero-order valence-corrected chi connectivity index (χ0v) is 24.5. The Morgan fingerprint density at radius 2 is 1.55 bits per heavy atom. The van der Waals surface area contributed by atoms with Crippen LogP contribution in [0, 0.1) is 19.7 Å². The van der Waals surface area contributed by atoms with E-state index in [1.807, 2.05) is 58.9 Å². The molecule has 0 fully saturated rings. The van der Waals surface area contributed by atoms with Gasteiger partial charge in [-0.15, -0.1) is 0 Å². The molecule has 1 N–H and O–H groups in total. The highest BCUT2D eigenvalue weighted by atomic mass is 32.2. The molecule has 0 heterocycles. The van der Waals surface area contributed by atoms with Crippen LogP contribution in [0.25, 0.3) is 0 Å². The van der Waals surface area contributed by atoms with Crippen molar-refractivity contribution in [3.8, 4) is 0 Å². The Labute approximate surface area is 237 Å². The number of benzene rings is 3. The first-order chi connectivity index (χ1) is 19.0. The van der Waals surface area contributed by atoms with Gasteiger partial charge in [0.2, 0.25) is 11.8 Å². The van der Waals surface area contributed by atoms with Crippen LogP contribution in [0.3, 0.4) is 0 Å². The van der Waals surface area contributed by atoms with Crippen LogP contribution in [-0.2, 0) is 26.2 Å². The monoisotopic (exact) mass is 567 g/mol. The minimum atomic E-state index is -4.20. The zero-order valence-electron chi connectivity index (χ0n) is 23.7. The smallest absolute Gasteiger partial charge is 0.264 e. The number of halogens is 1. The maximum Gasteiger partial charge on any atom is 0.264 e. The minimum Gasteiger partial charge on any atom is -0.352 e. The van der Waals surface area contributed by atoms with Gasteiger partial charge in [0.05, 0.1) is 10.6 Å². The van der Waals surface area contributed by atoms with Crippen LogP contribution in [0.1, 0.15) is 50.3 Å². The standard InChI is InChI=1S/C31H38FN3O4S/c1-6-24(5)33-31(37)29(7-2)34(20-25-10-8-9-23(4)19-25)30(36)21-35(27-15-13-26(32)14-16-27)40(38,39)28-17-11-22(3)12-18-28/h8-19,24,29H,6-7,20-21H2,1-5H3,(H,33,37)/t24-,29-/m0/s1. The number of anilines is 1. The predicted molar refractivity (Wildman–Crippen MR) is 156 cm³/mol. The minimum absolute atomic E-state index is 0.00187. The number of amides is 2. The van der Waals surface area contributed by atoms with Crippen molar-refractivity contribution in [3.63, 3.8) is 0 Å². The van der Waals surface area contributed by atoms with Crippen LogP contribution in [0.4, 0.5) is 10.1 Å². The number of carbonyl (C=O) groups is 2. The summed E-state index contributed by atoms with van der Waals surface area (Å²) in [6.45, 7) is 9.00. The molecule has 0 aliphatic heterocycles. The third-order valence-electron chi connectivity index (χ3n) is 6.82. The topological polar surface area (TPSA) is 86.8 Å². The first kappa shape index (κ1) is 30.8. The molecule has 0 bridgehead atoms. The lowest BCUT2D eigenvalue weighted by Gasteiger charge is -2.33. The van der Waals surface area contributed by atoms with Gasteiger partial charge in [-0.1, -0.05) is 61.4 Å². The van der Waals surface area contributed by atoms with Crippen LogP contribution in [0.15, 0.2) is 77.7 Å². The third-order valence-corrected chi connectivity index (χ3v) is 8.61. The maximum atomic E-state index is 14.0. The number of nitrogens with zero attached hydrogens (tertiary/aromatic N) is 2. The summed E-state index contributed by atoms with van der Waals surface area (Å²) in [6, 6.07) is 18.0. The van der Waals surface area contributed by atoms with Crippen molar-refractivity contribution in [1.82, 2.24) is 10.2 Å². The van der Waals surface area contributed by atoms with Crippen molar-refractivity contribution in [2.45, 2.75) is 71.0 Å². The fourth-order valence-electron chi connectivity index (χ4n) is 4.34. The molecule has 0 saturated heterocycles. The summed E-state index contributed by atoms with van der Waals surface area (Å²) in [6.07, 6.45) is 1.06. The van der Waals surface area contributed by atoms with Crippen molar-refractivity contribution in [3.05, 3.63) is 95.3 Å². The van der Waals surface area contributed by atoms with Crippen LogP contribution in [0.2, 0.25) is 0 Å². The van der Waals surface area contributed by atoms with Crippen molar-refractivity contribution >= 4 is 27.5 Å². The molecule has 3 aromatic rings. The second-order valence-corrected chi connectivity index (χ2v) is 11.9. The first-order valence-corrected chi connectivity index (χ1v) is 14.9. The van der Waals surface area contributed by atoms with E-state index in [-0.39, 0.29) is 29.1 Å². The molecule has 9 heteroatoms. The Morgan fingerprint density at radius 3 is 2.12 bits per heavy atom. The van der Waals surface area contributed by atoms with Crippen molar-refractivity contribution in [1.29, 1.82) is 0 Å². The van der Waals surface area contributed by atoms with Gasteiger partial charge < -0.3 is 10.2 Å². The number of carbonyl (C=O) groups excluding carboxylic acids is 2. The van der Waals surface area contributed by atoms with Gasteiger partial charge in [-0.3, -0.25) is 13.9 Å². The second kappa shape index (κ2) is 13.6. The van der Waals surface area contributed by atoms with Gasteiger partial charge in [0.15, 0.2) is 0 Å². The van der Waals surface area contributed by atoms with E-state index in [1.54, 1.807) is 12.1 Å². The Bertz CT molecular complexity index is 1410. The van der Waals surface area contributed by atoms with E-state index in [0.717, 1.165) is 39.5 Å². The van der Waals surface area contributed by atoms with Gasteiger partial charge in [0.25, 0.3) is 10.0 Å². The molecule has 214 valence electrons. The van der Waals surface area contributed by atoms with Crippen LogP contribution in [0.5, 0.6) is 0 Å². The van der Waals surface area contributed by atoms with Gasteiger partial charge >= 0.3 is 0 Å². The van der Waals surface area contributed by atoms with E-state index in [4.69, 9.17) is 0 Å².